The van der Waals surface area contributed by atoms with E-state index < -0.39 is 5.82 Å². The van der Waals surface area contributed by atoms with Gasteiger partial charge in [-0.15, -0.1) is 0 Å². The fraction of sp³-hybridized carbons (Fsp3) is 0.143. The highest BCUT2D eigenvalue weighted by atomic mass is 19.1. The molecule has 0 bridgehead atoms. The van der Waals surface area contributed by atoms with Crippen molar-refractivity contribution in [3.05, 3.63) is 53.8 Å². The van der Waals surface area contributed by atoms with Crippen LogP contribution in [0.4, 0.5) is 4.39 Å². The Morgan fingerprint density at radius 3 is 2.76 bits per heavy atom. The summed E-state index contributed by atoms with van der Waals surface area (Å²) in [4.78, 5) is 0. The number of hydrogen-bond donors (Lipinski definition) is 1. The van der Waals surface area contributed by atoms with Crippen molar-refractivity contribution >= 4 is 0 Å². The van der Waals surface area contributed by atoms with Crippen molar-refractivity contribution in [2.24, 2.45) is 0 Å². The lowest BCUT2D eigenvalue weighted by Gasteiger charge is -2.09. The van der Waals surface area contributed by atoms with Gasteiger partial charge in [0.25, 0.3) is 0 Å². The van der Waals surface area contributed by atoms with Gasteiger partial charge in [0.05, 0.1) is 0 Å². The molecule has 0 aromatic heterocycles. The molecule has 17 heavy (non-hydrogen) atoms. The largest absolute Gasteiger partial charge is 0.504 e. The molecule has 2 aromatic carbocycles. The molecular weight excluding hydrogens is 219 g/mol. The number of phenolic OH excluding ortho intramolecular Hbond substituents is 1. The van der Waals surface area contributed by atoms with Crippen molar-refractivity contribution in [1.82, 2.24) is 0 Å². The summed E-state index contributed by atoms with van der Waals surface area (Å²) in [6.07, 6.45) is 0.822. The van der Waals surface area contributed by atoms with Gasteiger partial charge in [0, 0.05) is 0 Å². The highest BCUT2D eigenvalue weighted by Crippen LogP contribution is 2.32. The topological polar surface area (TPSA) is 29.5 Å². The first-order valence-electron chi connectivity index (χ1n) is 5.36. The number of rotatable bonds is 3. The Hall–Kier alpha value is -2.03. The number of hydrogen-bond acceptors (Lipinski definition) is 2. The van der Waals surface area contributed by atoms with Crippen molar-refractivity contribution in [1.29, 1.82) is 0 Å². The third kappa shape index (κ3) is 2.56. The highest BCUT2D eigenvalue weighted by Gasteiger charge is 2.07. The number of aryl methyl sites for hydroxylation is 1. The summed E-state index contributed by atoms with van der Waals surface area (Å²) in [5, 5.41) is 9.72. The minimum atomic E-state index is -0.508. The van der Waals surface area contributed by atoms with Gasteiger partial charge in [-0.2, -0.15) is 0 Å². The lowest BCUT2D eigenvalue weighted by molar-refractivity contribution is 0.395. The molecule has 0 saturated carbocycles. The number of halogens is 1. The molecule has 1 radical (unpaired) electrons. The van der Waals surface area contributed by atoms with Gasteiger partial charge in [-0.3, -0.25) is 0 Å². The van der Waals surface area contributed by atoms with E-state index in [2.05, 4.69) is 6.07 Å². The van der Waals surface area contributed by atoms with Gasteiger partial charge in [0.2, 0.25) is 0 Å². The van der Waals surface area contributed by atoms with Gasteiger partial charge in [0.15, 0.2) is 23.1 Å². The van der Waals surface area contributed by atoms with Crippen molar-refractivity contribution < 1.29 is 14.2 Å². The molecule has 3 heteroatoms. The summed E-state index contributed by atoms with van der Waals surface area (Å²) in [5.41, 5.74) is 0.997. The molecule has 0 spiro atoms. The molecule has 0 aliphatic carbocycles. The van der Waals surface area contributed by atoms with Crippen molar-refractivity contribution in [3.8, 4) is 17.2 Å². The van der Waals surface area contributed by atoms with E-state index in [9.17, 15) is 9.50 Å². The molecular formula is C14H12FO2. The molecule has 0 atom stereocenters. The maximum Gasteiger partial charge on any atom is 0.169 e. The summed E-state index contributed by atoms with van der Waals surface area (Å²) in [5.74, 6) is -0.182. The first kappa shape index (κ1) is 11.5. The van der Waals surface area contributed by atoms with Gasteiger partial charge in [0.1, 0.15) is 0 Å². The summed E-state index contributed by atoms with van der Waals surface area (Å²) < 4.78 is 18.6. The Balaban J connectivity index is 2.28. The monoisotopic (exact) mass is 231 g/mol. The molecule has 0 fully saturated rings. The quantitative estimate of drug-likeness (QED) is 0.873. The zero-order valence-electron chi connectivity index (χ0n) is 9.40. The highest BCUT2D eigenvalue weighted by molar-refractivity contribution is 5.44. The van der Waals surface area contributed by atoms with Gasteiger partial charge in [-0.25, -0.2) is 4.39 Å². The van der Waals surface area contributed by atoms with Gasteiger partial charge in [-0.1, -0.05) is 19.1 Å². The van der Waals surface area contributed by atoms with Crippen LogP contribution in [-0.2, 0) is 6.42 Å². The zero-order chi connectivity index (χ0) is 12.3. The van der Waals surface area contributed by atoms with Crippen LogP contribution >= 0.6 is 0 Å². The lowest BCUT2D eigenvalue weighted by Crippen LogP contribution is -1.89. The molecule has 0 aliphatic rings. The average molecular weight is 231 g/mol. The minimum absolute atomic E-state index is 0.0107. The molecule has 0 unspecified atom stereocenters. The second kappa shape index (κ2) is 4.87. The Bertz CT molecular complexity index is 523. The van der Waals surface area contributed by atoms with E-state index in [1.165, 1.54) is 12.1 Å². The first-order valence-corrected chi connectivity index (χ1v) is 5.36. The standard InChI is InChI=1S/C14H12FO2/c1-2-10-7-8-14(12(16)9-10)17-13-6-4-3-5-11(13)15/h4-9,16H,2H2,1H3. The average Bonchev–Trinajstić information content (AvgIpc) is 2.34. The fourth-order valence-electron chi connectivity index (χ4n) is 1.47. The molecule has 2 nitrogen and oxygen atoms in total. The molecule has 2 rings (SSSR count). The second-order valence-corrected chi connectivity index (χ2v) is 3.61. The van der Waals surface area contributed by atoms with Crippen LogP contribution in [0.2, 0.25) is 0 Å². The second-order valence-electron chi connectivity index (χ2n) is 3.61. The third-order valence-corrected chi connectivity index (χ3v) is 2.43. The third-order valence-electron chi connectivity index (χ3n) is 2.43. The van der Waals surface area contributed by atoms with Gasteiger partial charge < -0.3 is 9.84 Å². The SMILES string of the molecule is CCc1ccc(Oc2cc[c]cc2F)c(O)c1. The molecule has 0 heterocycles. The van der Waals surface area contributed by atoms with Gasteiger partial charge >= 0.3 is 0 Å². The van der Waals surface area contributed by atoms with Crippen LogP contribution in [-0.4, -0.2) is 5.11 Å². The normalized spacial score (nSPS) is 10.2. The Kier molecular flexibility index (Phi) is 3.28. The van der Waals surface area contributed by atoms with Crippen LogP contribution in [0.5, 0.6) is 17.2 Å². The van der Waals surface area contributed by atoms with E-state index in [4.69, 9.17) is 4.74 Å². The van der Waals surface area contributed by atoms with Crippen LogP contribution in [0.3, 0.4) is 0 Å². The maximum atomic E-state index is 13.3. The van der Waals surface area contributed by atoms with E-state index >= 15 is 0 Å². The summed E-state index contributed by atoms with van der Waals surface area (Å²) in [6, 6.07) is 11.9. The fourth-order valence-corrected chi connectivity index (χ4v) is 1.47. The summed E-state index contributed by atoms with van der Waals surface area (Å²) >= 11 is 0. The Morgan fingerprint density at radius 1 is 1.29 bits per heavy atom. The van der Waals surface area contributed by atoms with Crippen LogP contribution in [0.25, 0.3) is 0 Å². The molecule has 0 amide bonds. The number of ether oxygens (including phenoxy) is 1. The molecule has 87 valence electrons. The number of benzene rings is 2. The van der Waals surface area contributed by atoms with E-state index in [-0.39, 0.29) is 17.2 Å². The smallest absolute Gasteiger partial charge is 0.169 e. The van der Waals surface area contributed by atoms with E-state index in [1.807, 2.05) is 13.0 Å². The van der Waals surface area contributed by atoms with Crippen LogP contribution in [0.15, 0.2) is 36.4 Å². The predicted octanol–water partition coefficient (Wildman–Crippen LogP) is 3.69. The Labute approximate surface area is 99.3 Å². The van der Waals surface area contributed by atoms with Crippen molar-refractivity contribution in [2.75, 3.05) is 0 Å². The molecule has 1 N–H and O–H groups in total. The van der Waals surface area contributed by atoms with E-state index in [1.54, 1.807) is 18.2 Å². The minimum Gasteiger partial charge on any atom is -0.504 e. The van der Waals surface area contributed by atoms with E-state index in [0.717, 1.165) is 12.0 Å². The van der Waals surface area contributed by atoms with Crippen molar-refractivity contribution in [2.45, 2.75) is 13.3 Å². The maximum absolute atomic E-state index is 13.3. The van der Waals surface area contributed by atoms with Crippen LogP contribution in [0.1, 0.15) is 12.5 Å². The van der Waals surface area contributed by atoms with Crippen LogP contribution in [0, 0.1) is 11.9 Å². The van der Waals surface area contributed by atoms with Crippen LogP contribution < -0.4 is 4.74 Å². The molecule has 2 aromatic rings. The van der Waals surface area contributed by atoms with E-state index in [0.29, 0.717) is 0 Å². The number of phenols is 1. The lowest BCUT2D eigenvalue weighted by atomic mass is 10.1. The summed E-state index contributed by atoms with van der Waals surface area (Å²) in [7, 11) is 0. The zero-order valence-corrected chi connectivity index (χ0v) is 9.40. The number of aromatic hydroxyl groups is 1. The first-order chi connectivity index (χ1) is 8.20. The summed E-state index contributed by atoms with van der Waals surface area (Å²) in [6.45, 7) is 1.99. The Morgan fingerprint density at radius 2 is 2.12 bits per heavy atom. The molecule has 0 saturated heterocycles. The van der Waals surface area contributed by atoms with Crippen molar-refractivity contribution in [3.63, 3.8) is 0 Å². The molecule has 0 aliphatic heterocycles. The predicted molar refractivity (Wildman–Crippen MR) is 62.8 cm³/mol. The van der Waals surface area contributed by atoms with Gasteiger partial charge in [-0.05, 0) is 42.3 Å².